The summed E-state index contributed by atoms with van der Waals surface area (Å²) in [5, 5.41) is 6.64. The molecule has 246 valence electrons. The molecule has 10 nitrogen and oxygen atoms in total. The summed E-state index contributed by atoms with van der Waals surface area (Å²) in [4.78, 5) is 35.0. The Kier molecular flexibility index (Phi) is 11.6. The number of aryl methyl sites for hydroxylation is 2. The molecule has 1 amide bonds. The fourth-order valence-electron chi connectivity index (χ4n) is 5.23. The zero-order valence-corrected chi connectivity index (χ0v) is 27.6. The monoisotopic (exact) mass is 658 g/mol. The van der Waals surface area contributed by atoms with Crippen LogP contribution in [0.1, 0.15) is 52.1 Å². The van der Waals surface area contributed by atoms with Crippen LogP contribution in [0.5, 0.6) is 11.6 Å². The predicted octanol–water partition coefficient (Wildman–Crippen LogP) is 6.68. The quantitative estimate of drug-likeness (QED) is 0.219. The number of esters is 1. The molecule has 1 fully saturated rings. The smallest absolute Gasteiger partial charge is 0.338 e. The van der Waals surface area contributed by atoms with Gasteiger partial charge in [0.2, 0.25) is 11.8 Å². The minimum absolute atomic E-state index is 0.146. The number of nitrogens with zero attached hydrogens (tertiary/aromatic N) is 2. The van der Waals surface area contributed by atoms with Gasteiger partial charge in [-0.15, -0.1) is 0 Å². The summed E-state index contributed by atoms with van der Waals surface area (Å²) >= 11 is 6.44. The molecule has 0 aliphatic carbocycles. The number of carbonyl (C=O) groups is 2. The van der Waals surface area contributed by atoms with Gasteiger partial charge in [-0.1, -0.05) is 29.8 Å². The van der Waals surface area contributed by atoms with E-state index < -0.39 is 5.97 Å². The lowest BCUT2D eigenvalue weighted by Gasteiger charge is -2.17. The van der Waals surface area contributed by atoms with Crippen molar-refractivity contribution in [2.24, 2.45) is 0 Å². The summed E-state index contributed by atoms with van der Waals surface area (Å²) < 4.78 is 21.0. The maximum absolute atomic E-state index is 13.4. The minimum Gasteiger partial charge on any atom is -0.494 e. The minimum atomic E-state index is -0.503. The molecular formula is C36H39ClN4O6. The Morgan fingerprint density at radius 3 is 2.47 bits per heavy atom. The Labute approximate surface area is 279 Å². The topological polar surface area (TPSA) is 121 Å². The number of halogens is 1. The standard InChI is InChI=1S/C33H33ClN4O5.C3H6O/c1-35-28-16-23(33(40)42-3)17-29(41-2)32(28)38-30(39)18-21-11-12-22-15-20(21)7-4-5-8-27-25(34)14-13-24(36-27)19-43-31-10-6-9-26(22)37-31;1-2-4-3-1/h6,9-17,35H,4-5,7-8,18-19H2,1-3H3,(H,38,39);1-3H2. The maximum Gasteiger partial charge on any atom is 0.338 e. The normalized spacial score (nSPS) is 13.6. The van der Waals surface area contributed by atoms with Crippen molar-refractivity contribution in [1.82, 2.24) is 9.97 Å². The van der Waals surface area contributed by atoms with Gasteiger partial charge in [0.25, 0.3) is 0 Å². The van der Waals surface area contributed by atoms with Crippen molar-refractivity contribution >= 4 is 34.9 Å². The number of carbonyl (C=O) groups excluding carboxylic acids is 2. The highest BCUT2D eigenvalue weighted by Crippen LogP contribution is 2.35. The first-order valence-corrected chi connectivity index (χ1v) is 16.0. The van der Waals surface area contributed by atoms with Gasteiger partial charge in [0.05, 0.1) is 54.0 Å². The Bertz CT molecular complexity index is 1700. The number of anilines is 2. The van der Waals surface area contributed by atoms with Crippen LogP contribution in [0.3, 0.4) is 0 Å². The zero-order valence-electron chi connectivity index (χ0n) is 26.9. The zero-order chi connectivity index (χ0) is 33.2. The molecular weight excluding hydrogens is 620 g/mol. The molecule has 4 aromatic rings. The van der Waals surface area contributed by atoms with Crippen LogP contribution in [0, 0.1) is 0 Å². The van der Waals surface area contributed by atoms with Crippen molar-refractivity contribution < 1.29 is 28.5 Å². The van der Waals surface area contributed by atoms with Gasteiger partial charge in [-0.3, -0.25) is 9.78 Å². The fourth-order valence-corrected chi connectivity index (χ4v) is 5.43. The third-order valence-electron chi connectivity index (χ3n) is 7.88. The number of nitrogens with one attached hydrogen (secondary N) is 2. The van der Waals surface area contributed by atoms with Crippen LogP contribution in [-0.4, -0.2) is 56.3 Å². The van der Waals surface area contributed by atoms with Crippen LogP contribution in [0.15, 0.2) is 60.7 Å². The van der Waals surface area contributed by atoms with Gasteiger partial charge in [-0.2, -0.15) is 0 Å². The Balaban J connectivity index is 0.00000101. The van der Waals surface area contributed by atoms with E-state index >= 15 is 0 Å². The molecule has 6 rings (SSSR count). The first-order chi connectivity index (χ1) is 22.9. The number of amides is 1. The molecule has 47 heavy (non-hydrogen) atoms. The third kappa shape index (κ3) is 8.78. The van der Waals surface area contributed by atoms with Crippen LogP contribution in [0.4, 0.5) is 11.4 Å². The molecule has 0 atom stereocenters. The molecule has 2 aromatic heterocycles. The van der Waals surface area contributed by atoms with Gasteiger partial charge in [0, 0.05) is 31.9 Å². The van der Waals surface area contributed by atoms with Crippen molar-refractivity contribution in [3.63, 3.8) is 0 Å². The van der Waals surface area contributed by atoms with Crippen molar-refractivity contribution in [2.45, 2.75) is 45.1 Å². The van der Waals surface area contributed by atoms with E-state index in [1.807, 2.05) is 42.5 Å². The van der Waals surface area contributed by atoms with E-state index in [0.29, 0.717) is 40.2 Å². The van der Waals surface area contributed by atoms with Gasteiger partial charge < -0.3 is 29.6 Å². The van der Waals surface area contributed by atoms with Crippen LogP contribution in [0.2, 0.25) is 5.02 Å². The SMILES string of the molecule is C1COC1.CNc1cc(C(=O)OC)cc(OC)c1NC(=O)Cc1ccc2cc1CCCCc1nc(ccc1Cl)COc1cccc-2n1. The van der Waals surface area contributed by atoms with Gasteiger partial charge in [0.1, 0.15) is 18.0 Å². The van der Waals surface area contributed by atoms with Crippen molar-refractivity contribution in [3.05, 3.63) is 93.8 Å². The summed E-state index contributed by atoms with van der Waals surface area (Å²) in [7, 11) is 4.50. The van der Waals surface area contributed by atoms with Crippen molar-refractivity contribution in [2.75, 3.05) is 45.1 Å². The molecule has 0 unspecified atom stereocenters. The Morgan fingerprint density at radius 2 is 1.74 bits per heavy atom. The first-order valence-electron chi connectivity index (χ1n) is 15.6. The number of fused-ring (bicyclic) bond motifs is 7. The number of pyridine rings is 2. The largest absolute Gasteiger partial charge is 0.494 e. The van der Waals surface area contributed by atoms with Gasteiger partial charge in [-0.25, -0.2) is 9.78 Å². The van der Waals surface area contributed by atoms with E-state index in [4.69, 9.17) is 40.5 Å². The molecule has 0 spiro atoms. The molecule has 11 heteroatoms. The molecule has 0 saturated carbocycles. The summed E-state index contributed by atoms with van der Waals surface area (Å²) in [6, 6.07) is 18.6. The van der Waals surface area contributed by atoms with E-state index in [1.165, 1.54) is 20.6 Å². The van der Waals surface area contributed by atoms with Crippen molar-refractivity contribution in [3.8, 4) is 22.9 Å². The number of aromatic nitrogens is 2. The second kappa shape index (κ2) is 16.2. The average molecular weight is 659 g/mol. The number of benzene rings is 2. The van der Waals surface area contributed by atoms with Crippen LogP contribution in [0.25, 0.3) is 11.3 Å². The molecule has 2 N–H and O–H groups in total. The number of ether oxygens (including phenoxy) is 4. The first kappa shape index (κ1) is 33.7. The molecule has 4 heterocycles. The molecule has 2 aliphatic heterocycles. The molecule has 0 radical (unpaired) electrons. The molecule has 6 bridgehead atoms. The maximum atomic E-state index is 13.4. The summed E-state index contributed by atoms with van der Waals surface area (Å²) in [5.41, 5.74) is 6.62. The van der Waals surface area contributed by atoms with Crippen LogP contribution in [-0.2, 0) is 40.1 Å². The fraction of sp³-hybridized carbons (Fsp3) is 0.333. The van der Waals surface area contributed by atoms with E-state index in [9.17, 15) is 9.59 Å². The molecule has 2 aromatic carbocycles. The lowest BCUT2D eigenvalue weighted by Crippen LogP contribution is -2.18. The van der Waals surface area contributed by atoms with Crippen LogP contribution >= 0.6 is 11.6 Å². The van der Waals surface area contributed by atoms with E-state index in [1.54, 1.807) is 19.2 Å². The number of rotatable bonds is 6. The Hall–Kier alpha value is -4.67. The van der Waals surface area contributed by atoms with Crippen LogP contribution < -0.4 is 20.1 Å². The lowest BCUT2D eigenvalue weighted by molar-refractivity contribution is -0.115. The van der Waals surface area contributed by atoms with Gasteiger partial charge >= 0.3 is 5.97 Å². The second-order valence-corrected chi connectivity index (χ2v) is 11.5. The highest BCUT2D eigenvalue weighted by atomic mass is 35.5. The van der Waals surface area contributed by atoms with Gasteiger partial charge in [0.15, 0.2) is 0 Å². The van der Waals surface area contributed by atoms with E-state index in [-0.39, 0.29) is 12.3 Å². The average Bonchev–Trinajstić information content (AvgIpc) is 3.06. The summed E-state index contributed by atoms with van der Waals surface area (Å²) in [6.07, 6.45) is 4.70. The lowest BCUT2D eigenvalue weighted by atomic mass is 9.95. The highest BCUT2D eigenvalue weighted by Gasteiger charge is 2.19. The second-order valence-electron chi connectivity index (χ2n) is 11.1. The highest BCUT2D eigenvalue weighted by molar-refractivity contribution is 6.31. The number of hydrogen-bond acceptors (Lipinski definition) is 9. The Morgan fingerprint density at radius 1 is 0.957 bits per heavy atom. The predicted molar refractivity (Wildman–Crippen MR) is 182 cm³/mol. The van der Waals surface area contributed by atoms with Gasteiger partial charge in [-0.05, 0) is 79.6 Å². The summed E-state index contributed by atoms with van der Waals surface area (Å²) in [5.74, 6) is 0.124. The van der Waals surface area contributed by atoms with E-state index in [2.05, 4.69) is 16.7 Å². The van der Waals surface area contributed by atoms with E-state index in [0.717, 1.165) is 72.7 Å². The summed E-state index contributed by atoms with van der Waals surface area (Å²) in [6.45, 7) is 2.30. The van der Waals surface area contributed by atoms with Crippen molar-refractivity contribution in [1.29, 1.82) is 0 Å². The number of hydrogen-bond donors (Lipinski definition) is 2. The molecule has 1 saturated heterocycles. The number of methoxy groups -OCH3 is 2. The third-order valence-corrected chi connectivity index (χ3v) is 8.23. The molecule has 2 aliphatic rings.